The minimum atomic E-state index is -1.83. The highest BCUT2D eigenvalue weighted by molar-refractivity contribution is 6.31. The number of unbranched alkanes of at least 4 members (excludes halogenated alkanes) is 5. The van der Waals surface area contributed by atoms with E-state index >= 15 is 0 Å². The summed E-state index contributed by atoms with van der Waals surface area (Å²) in [5.74, 6) is -1.73. The van der Waals surface area contributed by atoms with Gasteiger partial charge in [0.25, 0.3) is 11.8 Å². The summed E-state index contributed by atoms with van der Waals surface area (Å²) in [6.07, 6.45) is 6.07. The molecule has 0 saturated carbocycles. The molecule has 0 radical (unpaired) electrons. The van der Waals surface area contributed by atoms with Crippen molar-refractivity contribution in [3.05, 3.63) is 64.4 Å². The standard InChI is InChI=1S/C25H27ClFN3O3/c1-2-3-4-5-6-9-15-29-22(31)25(28-24(29)33)18-11-7-8-14-21(18)30(23(25)32)16-17-19(26)12-10-13-20(17)27/h7-8,10-14H,2-6,9,15-16H2,1H3,(H,28,33). The summed E-state index contributed by atoms with van der Waals surface area (Å²) in [6.45, 7) is 2.25. The highest BCUT2D eigenvalue weighted by Gasteiger charge is 2.63. The second kappa shape index (κ2) is 9.51. The Hall–Kier alpha value is -2.93. The number of amides is 4. The average molecular weight is 472 g/mol. The lowest BCUT2D eigenvalue weighted by Gasteiger charge is -2.22. The van der Waals surface area contributed by atoms with Crippen LogP contribution in [0, 0.1) is 5.82 Å². The Labute approximate surface area is 197 Å². The van der Waals surface area contributed by atoms with Crippen LogP contribution in [0.2, 0.25) is 5.02 Å². The normalized spacial score (nSPS) is 19.5. The van der Waals surface area contributed by atoms with E-state index in [4.69, 9.17) is 11.6 Å². The quantitative estimate of drug-likeness (QED) is 0.313. The Morgan fingerprint density at radius 3 is 2.36 bits per heavy atom. The van der Waals surface area contributed by atoms with Crippen LogP contribution >= 0.6 is 11.6 Å². The minimum absolute atomic E-state index is 0.149. The number of carbonyl (C=O) groups is 3. The molecule has 0 aromatic heterocycles. The molecule has 1 spiro atoms. The number of carbonyl (C=O) groups excluding carboxylic acids is 3. The zero-order valence-electron chi connectivity index (χ0n) is 18.6. The van der Waals surface area contributed by atoms with Gasteiger partial charge in [-0.15, -0.1) is 0 Å². The molecule has 4 amide bonds. The summed E-state index contributed by atoms with van der Waals surface area (Å²) in [5, 5.41) is 2.85. The van der Waals surface area contributed by atoms with Crippen molar-refractivity contribution in [3.63, 3.8) is 0 Å². The van der Waals surface area contributed by atoms with Crippen molar-refractivity contribution in [1.29, 1.82) is 0 Å². The van der Waals surface area contributed by atoms with Crippen LogP contribution in [0.15, 0.2) is 42.5 Å². The maximum absolute atomic E-state index is 14.5. The van der Waals surface area contributed by atoms with E-state index in [9.17, 15) is 18.8 Å². The summed E-state index contributed by atoms with van der Waals surface area (Å²) in [7, 11) is 0. The number of anilines is 1. The van der Waals surface area contributed by atoms with Crippen LogP contribution < -0.4 is 10.2 Å². The van der Waals surface area contributed by atoms with Gasteiger partial charge in [-0.05, 0) is 24.6 Å². The Bertz CT molecular complexity index is 1070. The molecule has 2 heterocycles. The molecule has 2 aliphatic rings. The van der Waals surface area contributed by atoms with Crippen LogP contribution in [-0.4, -0.2) is 29.3 Å². The van der Waals surface area contributed by atoms with E-state index < -0.39 is 29.2 Å². The largest absolute Gasteiger partial charge is 0.325 e. The smallest absolute Gasteiger partial charge is 0.311 e. The number of urea groups is 1. The first-order chi connectivity index (χ1) is 15.9. The van der Waals surface area contributed by atoms with Gasteiger partial charge in [-0.3, -0.25) is 14.5 Å². The molecular formula is C25H27ClFN3O3. The molecule has 1 saturated heterocycles. The van der Waals surface area contributed by atoms with Gasteiger partial charge in [0.1, 0.15) is 5.82 Å². The fourth-order valence-corrected chi connectivity index (χ4v) is 4.83. The number of rotatable bonds is 9. The van der Waals surface area contributed by atoms with Crippen molar-refractivity contribution in [1.82, 2.24) is 10.2 Å². The third-order valence-corrected chi connectivity index (χ3v) is 6.74. The van der Waals surface area contributed by atoms with Gasteiger partial charge in [-0.25, -0.2) is 9.18 Å². The molecule has 1 N–H and O–H groups in total. The molecule has 2 aromatic carbocycles. The lowest BCUT2D eigenvalue weighted by Crippen LogP contribution is -2.52. The molecule has 4 rings (SSSR count). The predicted octanol–water partition coefficient (Wildman–Crippen LogP) is 5.13. The van der Waals surface area contributed by atoms with Gasteiger partial charge in [-0.2, -0.15) is 0 Å². The zero-order chi connectivity index (χ0) is 23.6. The molecule has 1 atom stereocenters. The molecule has 6 nitrogen and oxygen atoms in total. The summed E-state index contributed by atoms with van der Waals surface area (Å²) >= 11 is 6.19. The second-order valence-corrected chi connectivity index (χ2v) is 8.92. The Kier molecular flexibility index (Phi) is 6.70. The van der Waals surface area contributed by atoms with Crippen LogP contribution in [0.25, 0.3) is 0 Å². The van der Waals surface area contributed by atoms with Crippen LogP contribution in [-0.2, 0) is 21.7 Å². The summed E-state index contributed by atoms with van der Waals surface area (Å²) in [5.41, 5.74) is -0.823. The van der Waals surface area contributed by atoms with E-state index in [-0.39, 0.29) is 23.7 Å². The number of para-hydroxylation sites is 1. The zero-order valence-corrected chi connectivity index (χ0v) is 19.3. The maximum Gasteiger partial charge on any atom is 0.325 e. The fourth-order valence-electron chi connectivity index (χ4n) is 4.61. The van der Waals surface area contributed by atoms with Gasteiger partial charge in [-0.1, -0.05) is 74.9 Å². The molecule has 0 bridgehead atoms. The van der Waals surface area contributed by atoms with Crippen molar-refractivity contribution in [2.75, 3.05) is 11.4 Å². The van der Waals surface area contributed by atoms with E-state index in [1.807, 2.05) is 0 Å². The van der Waals surface area contributed by atoms with Crippen molar-refractivity contribution < 1.29 is 18.8 Å². The molecule has 1 unspecified atom stereocenters. The average Bonchev–Trinajstić information content (AvgIpc) is 3.19. The van der Waals surface area contributed by atoms with E-state index in [1.165, 1.54) is 23.5 Å². The first-order valence-corrected chi connectivity index (χ1v) is 11.8. The fraction of sp³-hybridized carbons (Fsp3) is 0.400. The van der Waals surface area contributed by atoms with Crippen LogP contribution in [0.1, 0.15) is 56.6 Å². The third kappa shape index (κ3) is 3.99. The van der Waals surface area contributed by atoms with E-state index in [0.717, 1.165) is 30.6 Å². The highest BCUT2D eigenvalue weighted by atomic mass is 35.5. The molecule has 8 heteroatoms. The number of imide groups is 1. The molecule has 33 heavy (non-hydrogen) atoms. The molecule has 2 aromatic rings. The molecule has 174 valence electrons. The van der Waals surface area contributed by atoms with Gasteiger partial charge >= 0.3 is 6.03 Å². The Balaban J connectivity index is 1.59. The molecule has 2 aliphatic heterocycles. The van der Waals surface area contributed by atoms with Crippen molar-refractivity contribution >= 4 is 35.1 Å². The number of hydrogen-bond acceptors (Lipinski definition) is 3. The summed E-state index contributed by atoms with van der Waals surface area (Å²) in [6, 6.07) is 10.5. The minimum Gasteiger partial charge on any atom is -0.311 e. The highest BCUT2D eigenvalue weighted by Crippen LogP contribution is 2.45. The first-order valence-electron chi connectivity index (χ1n) is 11.4. The number of benzene rings is 2. The van der Waals surface area contributed by atoms with Gasteiger partial charge in [0.05, 0.1) is 12.2 Å². The van der Waals surface area contributed by atoms with E-state index in [1.54, 1.807) is 30.3 Å². The second-order valence-electron chi connectivity index (χ2n) is 8.51. The predicted molar refractivity (Wildman–Crippen MR) is 124 cm³/mol. The number of hydrogen-bond donors (Lipinski definition) is 1. The topological polar surface area (TPSA) is 69.7 Å². The third-order valence-electron chi connectivity index (χ3n) is 6.38. The Morgan fingerprint density at radius 2 is 1.61 bits per heavy atom. The van der Waals surface area contributed by atoms with Crippen LogP contribution in [0.4, 0.5) is 14.9 Å². The summed E-state index contributed by atoms with van der Waals surface area (Å²) in [4.78, 5) is 42.4. The van der Waals surface area contributed by atoms with Crippen molar-refractivity contribution in [2.45, 2.75) is 57.5 Å². The van der Waals surface area contributed by atoms with Gasteiger partial charge < -0.3 is 10.2 Å². The van der Waals surface area contributed by atoms with Crippen LogP contribution in [0.3, 0.4) is 0 Å². The van der Waals surface area contributed by atoms with Gasteiger partial charge in [0.15, 0.2) is 0 Å². The maximum atomic E-state index is 14.5. The first kappa shape index (κ1) is 23.2. The molecule has 1 fully saturated rings. The van der Waals surface area contributed by atoms with Gasteiger partial charge in [0, 0.05) is 22.7 Å². The number of nitrogens with zero attached hydrogens (tertiary/aromatic N) is 2. The lowest BCUT2D eigenvalue weighted by atomic mass is 9.91. The molecular weight excluding hydrogens is 445 g/mol. The van der Waals surface area contributed by atoms with E-state index in [0.29, 0.717) is 17.7 Å². The van der Waals surface area contributed by atoms with Crippen molar-refractivity contribution in [2.24, 2.45) is 0 Å². The number of halogens is 2. The molecule has 0 aliphatic carbocycles. The van der Waals surface area contributed by atoms with Crippen LogP contribution in [0.5, 0.6) is 0 Å². The SMILES string of the molecule is CCCCCCCCN1C(=O)NC2(C1=O)C(=O)N(Cc1c(F)cccc1Cl)c1ccccc12. The Morgan fingerprint density at radius 1 is 0.909 bits per heavy atom. The summed E-state index contributed by atoms with van der Waals surface area (Å²) < 4.78 is 14.5. The van der Waals surface area contributed by atoms with E-state index in [2.05, 4.69) is 12.2 Å². The lowest BCUT2D eigenvalue weighted by molar-refractivity contribution is -0.138. The van der Waals surface area contributed by atoms with Crippen molar-refractivity contribution in [3.8, 4) is 0 Å². The number of fused-ring (bicyclic) bond motifs is 2. The number of nitrogens with one attached hydrogen (secondary N) is 1. The van der Waals surface area contributed by atoms with Gasteiger partial charge in [0.2, 0.25) is 5.54 Å². The monoisotopic (exact) mass is 471 g/mol.